The third-order valence-electron chi connectivity index (χ3n) is 4.53. The molecular formula is C23H27N4O9P. The molecule has 0 aliphatic rings. The van der Waals surface area contributed by atoms with Crippen LogP contribution >= 0.6 is 8.03 Å². The van der Waals surface area contributed by atoms with Gasteiger partial charge in [-0.3, -0.25) is 13.9 Å². The molecule has 0 saturated heterocycles. The predicted octanol–water partition coefficient (Wildman–Crippen LogP) is 3.10. The molecule has 0 saturated carbocycles. The van der Waals surface area contributed by atoms with Crippen molar-refractivity contribution in [3.05, 3.63) is 54.0 Å². The van der Waals surface area contributed by atoms with Crippen LogP contribution in [0.25, 0.3) is 11.2 Å². The Kier molecular flexibility index (Phi) is 9.20. The van der Waals surface area contributed by atoms with E-state index in [9.17, 15) is 18.9 Å². The van der Waals surface area contributed by atoms with Crippen LogP contribution in [-0.2, 0) is 34.6 Å². The lowest BCUT2D eigenvalue weighted by Gasteiger charge is -2.19. The van der Waals surface area contributed by atoms with E-state index >= 15 is 0 Å². The molecule has 0 radical (unpaired) electrons. The van der Waals surface area contributed by atoms with E-state index in [0.717, 1.165) is 5.56 Å². The van der Waals surface area contributed by atoms with Crippen LogP contribution in [0.15, 0.2) is 42.7 Å². The summed E-state index contributed by atoms with van der Waals surface area (Å²) in [7, 11) is -3.03. The smallest absolute Gasteiger partial charge is 0.431 e. The lowest BCUT2D eigenvalue weighted by atomic mass is 10.2. The van der Waals surface area contributed by atoms with E-state index in [0.29, 0.717) is 17.7 Å². The van der Waals surface area contributed by atoms with Gasteiger partial charge in [-0.15, -0.1) is 0 Å². The van der Waals surface area contributed by atoms with Crippen LogP contribution < -0.4 is 11.0 Å². The van der Waals surface area contributed by atoms with E-state index in [4.69, 9.17) is 29.2 Å². The summed E-state index contributed by atoms with van der Waals surface area (Å²) < 4.78 is 39.2. The van der Waals surface area contributed by atoms with Crippen LogP contribution in [0.3, 0.4) is 0 Å². The molecule has 0 aliphatic heterocycles. The summed E-state index contributed by atoms with van der Waals surface area (Å²) >= 11 is 0. The minimum Gasteiger partial charge on any atom is -0.431 e. The summed E-state index contributed by atoms with van der Waals surface area (Å²) in [5, 5.41) is 0.281. The minimum atomic E-state index is -3.03. The lowest BCUT2D eigenvalue weighted by molar-refractivity contribution is -0.203. The molecule has 3 aromatic rings. The second-order valence-corrected chi connectivity index (χ2v) is 9.62. The van der Waals surface area contributed by atoms with E-state index < -0.39 is 44.9 Å². The van der Waals surface area contributed by atoms with Crippen molar-refractivity contribution in [1.29, 1.82) is 0 Å². The molecule has 1 aromatic carbocycles. The number of nitrogens with two attached hydrogens (primary N) is 1. The first-order chi connectivity index (χ1) is 17.5. The van der Waals surface area contributed by atoms with Crippen molar-refractivity contribution in [1.82, 2.24) is 14.5 Å². The highest BCUT2D eigenvalue weighted by Crippen LogP contribution is 2.26. The molecule has 198 valence electrons. The van der Waals surface area contributed by atoms with Crippen molar-refractivity contribution in [2.75, 3.05) is 0 Å². The molecule has 37 heavy (non-hydrogen) atoms. The van der Waals surface area contributed by atoms with E-state index in [-0.39, 0.29) is 11.0 Å². The molecule has 0 bridgehead atoms. The van der Waals surface area contributed by atoms with E-state index in [1.165, 1.54) is 6.07 Å². The number of imidazole rings is 1. The average Bonchev–Trinajstić information content (AvgIpc) is 3.20. The zero-order valence-electron chi connectivity index (χ0n) is 20.6. The molecule has 2 heterocycles. The fraction of sp³-hybridized carbons (Fsp3) is 0.348. The van der Waals surface area contributed by atoms with Crippen molar-refractivity contribution in [3.8, 4) is 0 Å². The van der Waals surface area contributed by atoms with Gasteiger partial charge in [0.25, 0.3) is 5.91 Å². The first-order valence-electron chi connectivity index (χ1n) is 11.2. The van der Waals surface area contributed by atoms with Crippen LogP contribution in [0, 0.1) is 0 Å². The fourth-order valence-corrected chi connectivity index (χ4v) is 3.82. The van der Waals surface area contributed by atoms with Gasteiger partial charge in [-0.25, -0.2) is 19.6 Å². The number of amides is 1. The maximum atomic E-state index is 12.8. The van der Waals surface area contributed by atoms with Gasteiger partial charge >= 0.3 is 18.8 Å². The molecule has 2 aromatic heterocycles. The van der Waals surface area contributed by atoms with E-state index in [1.54, 1.807) is 64.4 Å². The Labute approximate surface area is 212 Å². The van der Waals surface area contributed by atoms with Gasteiger partial charge in [0.2, 0.25) is 8.03 Å². The first kappa shape index (κ1) is 27.6. The second kappa shape index (κ2) is 12.3. The maximum absolute atomic E-state index is 12.8. The number of primary amides is 1. The Morgan fingerprint density at radius 2 is 1.51 bits per heavy atom. The highest BCUT2D eigenvalue weighted by atomic mass is 31.1. The summed E-state index contributed by atoms with van der Waals surface area (Å²) in [6.45, 7) is 4.84. The molecule has 0 fully saturated rings. The van der Waals surface area contributed by atoms with Crippen molar-refractivity contribution in [3.63, 3.8) is 0 Å². The standard InChI is InChI=1S/C23H27N4O9P/c1-13(2)32-21(29)34-23(35-22(30)33-14(3)4)36-37(31)16-7-5-15(6-8-16)11-27-12-25-20-18(27)10-9-17(26-20)19(24)28/h5-10,12-14,23,37H,11H2,1-4H3,(H2,24,28). The number of carbonyl (C=O) groups is 3. The Morgan fingerprint density at radius 1 is 0.919 bits per heavy atom. The molecule has 2 N–H and O–H groups in total. The van der Waals surface area contributed by atoms with Crippen LogP contribution in [0.1, 0.15) is 43.7 Å². The Bertz CT molecular complexity index is 1270. The monoisotopic (exact) mass is 534 g/mol. The van der Waals surface area contributed by atoms with Crippen LogP contribution in [0.2, 0.25) is 0 Å². The molecule has 3 rings (SSSR count). The fourth-order valence-electron chi connectivity index (χ4n) is 2.98. The van der Waals surface area contributed by atoms with Gasteiger partial charge in [0, 0.05) is 11.8 Å². The Hall–Kier alpha value is -3.96. The average molecular weight is 534 g/mol. The topological polar surface area (TPSA) is 171 Å². The van der Waals surface area contributed by atoms with Gasteiger partial charge in [-0.1, -0.05) is 12.1 Å². The molecule has 0 aliphatic carbocycles. The van der Waals surface area contributed by atoms with Gasteiger partial charge in [0.15, 0.2) is 5.65 Å². The summed E-state index contributed by atoms with van der Waals surface area (Å²) in [6.07, 6.45) is -1.78. The predicted molar refractivity (Wildman–Crippen MR) is 131 cm³/mol. The summed E-state index contributed by atoms with van der Waals surface area (Å²) in [5.41, 5.74) is 7.29. The number of carbonyl (C=O) groups excluding carboxylic acids is 3. The van der Waals surface area contributed by atoms with Gasteiger partial charge in [-0.05, 0) is 57.5 Å². The maximum Gasteiger partial charge on any atom is 0.513 e. The Balaban J connectivity index is 1.68. The van der Waals surface area contributed by atoms with E-state index in [2.05, 4.69) is 9.97 Å². The highest BCUT2D eigenvalue weighted by Gasteiger charge is 2.26. The molecule has 14 heteroatoms. The highest BCUT2D eigenvalue weighted by molar-refractivity contribution is 7.48. The van der Waals surface area contributed by atoms with Gasteiger partial charge in [0.05, 0.1) is 24.1 Å². The van der Waals surface area contributed by atoms with Gasteiger partial charge in [-0.2, -0.15) is 0 Å². The second-order valence-electron chi connectivity index (χ2n) is 8.24. The third-order valence-corrected chi connectivity index (χ3v) is 5.74. The van der Waals surface area contributed by atoms with Crippen LogP contribution in [0.4, 0.5) is 9.59 Å². The quantitative estimate of drug-likeness (QED) is 0.230. The van der Waals surface area contributed by atoms with Crippen molar-refractivity contribution in [2.24, 2.45) is 5.73 Å². The van der Waals surface area contributed by atoms with Gasteiger partial charge in [0.1, 0.15) is 5.69 Å². The molecule has 1 atom stereocenters. The molecular weight excluding hydrogens is 507 g/mol. The summed E-state index contributed by atoms with van der Waals surface area (Å²) in [6, 6.07) is 9.78. The number of hydrogen-bond acceptors (Lipinski definition) is 11. The zero-order chi connectivity index (χ0) is 27.1. The number of fused-ring (bicyclic) bond motifs is 1. The van der Waals surface area contributed by atoms with Crippen molar-refractivity contribution in [2.45, 2.75) is 52.9 Å². The molecule has 1 amide bonds. The normalized spacial score (nSPS) is 12.1. The molecule has 0 spiro atoms. The van der Waals surface area contributed by atoms with E-state index in [1.807, 2.05) is 4.57 Å². The van der Waals surface area contributed by atoms with Gasteiger partial charge < -0.3 is 29.2 Å². The van der Waals surface area contributed by atoms with Crippen LogP contribution in [0.5, 0.6) is 0 Å². The summed E-state index contributed by atoms with van der Waals surface area (Å²) in [5.74, 6) is -0.642. The molecule has 13 nitrogen and oxygen atoms in total. The number of aromatic nitrogens is 3. The van der Waals surface area contributed by atoms with Crippen LogP contribution in [-0.4, -0.2) is 51.4 Å². The number of hydrogen-bond donors (Lipinski definition) is 1. The summed E-state index contributed by atoms with van der Waals surface area (Å²) in [4.78, 5) is 43.3. The molecule has 1 unspecified atom stereocenters. The third kappa shape index (κ3) is 8.02. The number of benzene rings is 1. The minimum absolute atomic E-state index is 0.119. The lowest BCUT2D eigenvalue weighted by Crippen LogP contribution is -2.29. The van der Waals surface area contributed by atoms with Crippen molar-refractivity contribution < 1.29 is 42.4 Å². The number of pyridine rings is 1. The SMILES string of the molecule is CC(C)OC(=O)OC(OC(=O)OC(C)C)O[PH](=O)c1ccc(Cn2cnc3nc(C(N)=O)ccc32)cc1. The van der Waals surface area contributed by atoms with Crippen molar-refractivity contribution >= 4 is 42.7 Å². The zero-order valence-corrected chi connectivity index (χ0v) is 21.6. The Morgan fingerprint density at radius 3 is 2.05 bits per heavy atom. The number of nitrogens with zero attached hydrogens (tertiary/aromatic N) is 3. The number of rotatable bonds is 10. The largest absolute Gasteiger partial charge is 0.513 e. The number of ether oxygens (including phenoxy) is 4. The first-order valence-corrected chi connectivity index (χ1v) is 12.5.